The number of rotatable bonds is 6. The normalized spacial score (nSPS) is 15.0. The minimum absolute atomic E-state index is 0.100. The van der Waals surface area contributed by atoms with Crippen molar-refractivity contribution < 1.29 is 9.13 Å². The monoisotopic (exact) mass is 244 g/mol. The summed E-state index contributed by atoms with van der Waals surface area (Å²) in [6.07, 6.45) is 1.53. The van der Waals surface area contributed by atoms with Crippen LogP contribution in [0.25, 0.3) is 0 Å². The number of nitrogens with two attached hydrogens (primary N) is 1. The van der Waals surface area contributed by atoms with Crippen molar-refractivity contribution in [1.82, 2.24) is 14.7 Å². The third-order valence-corrected chi connectivity index (χ3v) is 2.66. The van der Waals surface area contributed by atoms with E-state index in [0.29, 0.717) is 18.0 Å². The predicted molar refractivity (Wildman–Crippen MR) is 64.8 cm³/mol. The van der Waals surface area contributed by atoms with Crippen LogP contribution in [-0.4, -0.2) is 49.0 Å². The van der Waals surface area contributed by atoms with E-state index in [2.05, 4.69) is 5.10 Å². The molecule has 1 heterocycles. The van der Waals surface area contributed by atoms with Gasteiger partial charge < -0.3 is 15.4 Å². The highest BCUT2D eigenvalue weighted by atomic mass is 19.1. The van der Waals surface area contributed by atoms with Crippen LogP contribution < -0.4 is 10.5 Å². The fourth-order valence-electron chi connectivity index (χ4n) is 1.60. The van der Waals surface area contributed by atoms with Gasteiger partial charge in [-0.15, -0.1) is 0 Å². The smallest absolute Gasteiger partial charge is 0.165 e. The maximum Gasteiger partial charge on any atom is 0.165 e. The van der Waals surface area contributed by atoms with Gasteiger partial charge in [0.05, 0.1) is 19.9 Å². The van der Waals surface area contributed by atoms with E-state index in [1.807, 2.05) is 19.0 Å². The van der Waals surface area contributed by atoms with E-state index in [9.17, 15) is 4.39 Å². The van der Waals surface area contributed by atoms with Crippen LogP contribution in [0.4, 0.5) is 4.39 Å². The van der Waals surface area contributed by atoms with Crippen molar-refractivity contribution in [2.75, 3.05) is 34.3 Å². The second kappa shape index (κ2) is 5.46. The van der Waals surface area contributed by atoms with E-state index in [1.54, 1.807) is 4.68 Å². The van der Waals surface area contributed by atoms with Crippen LogP contribution in [0.2, 0.25) is 0 Å². The van der Waals surface area contributed by atoms with Gasteiger partial charge >= 0.3 is 0 Å². The molecule has 2 N–H and O–H groups in total. The Balaban J connectivity index is 3.02. The van der Waals surface area contributed by atoms with Crippen LogP contribution in [0.5, 0.6) is 5.75 Å². The summed E-state index contributed by atoms with van der Waals surface area (Å²) in [5.74, 6) is 0.444. The summed E-state index contributed by atoms with van der Waals surface area (Å²) in [5, 5.41) is 4.14. The molecule has 0 saturated heterocycles. The molecule has 0 fully saturated rings. The Morgan fingerprint density at radius 1 is 1.59 bits per heavy atom. The molecule has 1 aromatic heterocycles. The van der Waals surface area contributed by atoms with Crippen molar-refractivity contribution in [3.05, 3.63) is 11.9 Å². The van der Waals surface area contributed by atoms with Crippen molar-refractivity contribution in [3.63, 3.8) is 0 Å². The molecule has 1 rings (SSSR count). The molecule has 1 atom stereocenters. The summed E-state index contributed by atoms with van der Waals surface area (Å²) in [5.41, 5.74) is 4.24. The number of aromatic nitrogens is 2. The van der Waals surface area contributed by atoms with Gasteiger partial charge in [-0.05, 0) is 21.0 Å². The third kappa shape index (κ3) is 3.17. The number of hydrogen-bond acceptors (Lipinski definition) is 4. The molecular formula is C11H21FN4O. The maximum absolute atomic E-state index is 14.3. The van der Waals surface area contributed by atoms with Crippen molar-refractivity contribution in [2.24, 2.45) is 5.73 Å². The summed E-state index contributed by atoms with van der Waals surface area (Å²) in [4.78, 5) is 2.01. The zero-order valence-corrected chi connectivity index (χ0v) is 10.9. The molecule has 5 nitrogen and oxygen atoms in total. The van der Waals surface area contributed by atoms with Crippen molar-refractivity contribution in [1.29, 1.82) is 0 Å². The predicted octanol–water partition coefficient (Wildman–Crippen LogP) is 0.597. The minimum Gasteiger partial charge on any atom is -0.493 e. The topological polar surface area (TPSA) is 56.3 Å². The van der Waals surface area contributed by atoms with Crippen molar-refractivity contribution in [3.8, 4) is 5.75 Å². The standard InChI is InChI=1S/C11H21FN4O/c1-11(12,8-13)10-9(17-4)7-14-16(10)6-5-15(2)3/h7H,5-6,8,13H2,1-4H3. The number of halogens is 1. The Hall–Kier alpha value is -1.14. The first kappa shape index (κ1) is 13.9. The van der Waals surface area contributed by atoms with E-state index in [1.165, 1.54) is 20.2 Å². The SMILES string of the molecule is COc1cnn(CCN(C)C)c1C(C)(F)CN. The van der Waals surface area contributed by atoms with Gasteiger partial charge in [-0.3, -0.25) is 4.68 Å². The molecule has 0 aliphatic carbocycles. The molecule has 17 heavy (non-hydrogen) atoms. The fraction of sp³-hybridized carbons (Fsp3) is 0.727. The van der Waals surface area contributed by atoms with Crippen LogP contribution >= 0.6 is 0 Å². The van der Waals surface area contributed by atoms with Crippen LogP contribution in [-0.2, 0) is 12.2 Å². The van der Waals surface area contributed by atoms with Gasteiger partial charge in [0.2, 0.25) is 0 Å². The number of alkyl halides is 1. The second-order valence-electron chi connectivity index (χ2n) is 4.49. The quantitative estimate of drug-likeness (QED) is 0.796. The molecule has 0 aromatic carbocycles. The summed E-state index contributed by atoms with van der Waals surface area (Å²) >= 11 is 0. The minimum atomic E-state index is -1.63. The first-order chi connectivity index (χ1) is 7.92. The largest absolute Gasteiger partial charge is 0.493 e. The molecule has 6 heteroatoms. The maximum atomic E-state index is 14.3. The van der Waals surface area contributed by atoms with E-state index >= 15 is 0 Å². The summed E-state index contributed by atoms with van der Waals surface area (Å²) in [6.45, 7) is 2.72. The first-order valence-corrected chi connectivity index (χ1v) is 5.56. The second-order valence-corrected chi connectivity index (χ2v) is 4.49. The Morgan fingerprint density at radius 3 is 2.71 bits per heavy atom. The summed E-state index contributed by atoms with van der Waals surface area (Å²) < 4.78 is 21.1. The molecule has 1 aromatic rings. The number of ether oxygens (including phenoxy) is 1. The van der Waals surface area contributed by atoms with Crippen molar-refractivity contribution >= 4 is 0 Å². The average Bonchev–Trinajstić information content (AvgIpc) is 2.69. The van der Waals surface area contributed by atoms with E-state index < -0.39 is 5.67 Å². The van der Waals surface area contributed by atoms with Crippen molar-refractivity contribution in [2.45, 2.75) is 19.1 Å². The lowest BCUT2D eigenvalue weighted by Crippen LogP contribution is -2.31. The van der Waals surface area contributed by atoms with E-state index in [0.717, 1.165) is 6.54 Å². The van der Waals surface area contributed by atoms with Gasteiger partial charge in [0, 0.05) is 13.1 Å². The number of hydrogen-bond donors (Lipinski definition) is 1. The first-order valence-electron chi connectivity index (χ1n) is 5.56. The van der Waals surface area contributed by atoms with Gasteiger partial charge in [0.15, 0.2) is 11.4 Å². The number of nitrogens with zero attached hydrogens (tertiary/aromatic N) is 3. The highest BCUT2D eigenvalue weighted by Gasteiger charge is 2.32. The van der Waals surface area contributed by atoms with Gasteiger partial charge in [-0.25, -0.2) is 4.39 Å². The van der Waals surface area contributed by atoms with Gasteiger partial charge in [0.1, 0.15) is 5.69 Å². The highest BCUT2D eigenvalue weighted by Crippen LogP contribution is 2.32. The van der Waals surface area contributed by atoms with Crippen LogP contribution in [0, 0.1) is 0 Å². The molecule has 0 bridgehead atoms. The highest BCUT2D eigenvalue weighted by molar-refractivity contribution is 5.30. The summed E-state index contributed by atoms with van der Waals surface area (Å²) in [6, 6.07) is 0. The van der Waals surface area contributed by atoms with E-state index in [4.69, 9.17) is 10.5 Å². The lowest BCUT2D eigenvalue weighted by atomic mass is 10.0. The number of methoxy groups -OCH3 is 1. The third-order valence-electron chi connectivity index (χ3n) is 2.66. The molecule has 0 spiro atoms. The van der Waals surface area contributed by atoms with E-state index in [-0.39, 0.29) is 6.54 Å². The molecule has 0 aliphatic rings. The molecule has 1 unspecified atom stereocenters. The molecule has 0 saturated carbocycles. The van der Waals surface area contributed by atoms with Gasteiger partial charge in [0.25, 0.3) is 0 Å². The van der Waals surface area contributed by atoms with Crippen LogP contribution in [0.3, 0.4) is 0 Å². The average molecular weight is 244 g/mol. The fourth-order valence-corrected chi connectivity index (χ4v) is 1.60. The molecule has 0 aliphatic heterocycles. The molecule has 0 radical (unpaired) electrons. The zero-order chi connectivity index (χ0) is 13.1. The zero-order valence-electron chi connectivity index (χ0n) is 10.9. The molecular weight excluding hydrogens is 223 g/mol. The number of likely N-dealkylation sites (N-methyl/N-ethyl adjacent to an activating group) is 1. The molecule has 0 amide bonds. The van der Waals surface area contributed by atoms with Gasteiger partial charge in [-0.1, -0.05) is 0 Å². The van der Waals surface area contributed by atoms with Gasteiger partial charge in [-0.2, -0.15) is 5.10 Å². The lowest BCUT2D eigenvalue weighted by Gasteiger charge is -2.21. The Kier molecular flexibility index (Phi) is 4.47. The molecule has 98 valence electrons. The summed E-state index contributed by atoms with van der Waals surface area (Å²) in [7, 11) is 5.42. The van der Waals surface area contributed by atoms with Crippen LogP contribution in [0.1, 0.15) is 12.6 Å². The Bertz CT molecular complexity index is 362. The Labute approximate surface area is 101 Å². The van der Waals surface area contributed by atoms with Crippen LogP contribution in [0.15, 0.2) is 6.20 Å². The lowest BCUT2D eigenvalue weighted by molar-refractivity contribution is 0.178. The Morgan fingerprint density at radius 2 is 2.24 bits per heavy atom.